The third-order valence-electron chi connectivity index (χ3n) is 5.06. The Bertz CT molecular complexity index is 1250. The summed E-state index contributed by atoms with van der Waals surface area (Å²) >= 11 is 0. The van der Waals surface area contributed by atoms with Gasteiger partial charge in [-0.1, -0.05) is 0 Å². The number of benzene rings is 1. The maximum absolute atomic E-state index is 13.6. The molecule has 0 atom stereocenters. The first-order valence-electron chi connectivity index (χ1n) is 9.71. The van der Waals surface area contributed by atoms with E-state index in [9.17, 15) is 27.6 Å². The lowest BCUT2D eigenvalue weighted by atomic mass is 10.1. The summed E-state index contributed by atoms with van der Waals surface area (Å²) in [5.74, 6) is -2.45. The highest BCUT2D eigenvalue weighted by atomic mass is 19.4. The predicted octanol–water partition coefficient (Wildman–Crippen LogP) is 3.45. The Morgan fingerprint density at radius 1 is 1.03 bits per heavy atom. The second-order valence-electron chi connectivity index (χ2n) is 7.37. The lowest BCUT2D eigenvalue weighted by Gasteiger charge is -2.11. The van der Waals surface area contributed by atoms with Gasteiger partial charge in [-0.05, 0) is 37.1 Å². The minimum atomic E-state index is -4.70. The van der Waals surface area contributed by atoms with Gasteiger partial charge in [-0.15, -0.1) is 0 Å². The number of carbonyl (C=O) groups is 3. The van der Waals surface area contributed by atoms with Crippen molar-refractivity contribution < 1.29 is 37.0 Å². The zero-order valence-corrected chi connectivity index (χ0v) is 17.4. The topological polar surface area (TPSA) is 112 Å². The predicted molar refractivity (Wildman–Crippen MR) is 107 cm³/mol. The van der Waals surface area contributed by atoms with E-state index in [1.54, 1.807) is 0 Å². The Morgan fingerprint density at radius 3 is 2.15 bits per heavy atom. The van der Waals surface area contributed by atoms with Crippen molar-refractivity contribution in [2.45, 2.75) is 24.9 Å². The number of esters is 2. The number of ether oxygens (including phenoxy) is 2. The van der Waals surface area contributed by atoms with E-state index in [1.807, 2.05) is 0 Å². The average molecular weight is 462 g/mol. The number of hydrogen-bond donors (Lipinski definition) is 1. The van der Waals surface area contributed by atoms with Crippen molar-refractivity contribution >= 4 is 29.2 Å². The van der Waals surface area contributed by atoms with Gasteiger partial charge in [-0.3, -0.25) is 4.79 Å². The molecule has 1 saturated carbocycles. The van der Waals surface area contributed by atoms with Crippen LogP contribution < -0.4 is 5.32 Å². The van der Waals surface area contributed by atoms with E-state index in [4.69, 9.17) is 0 Å². The first-order chi connectivity index (χ1) is 15.6. The van der Waals surface area contributed by atoms with Crippen LogP contribution in [0, 0.1) is 0 Å². The number of fused-ring (bicyclic) bond motifs is 1. The Kier molecular flexibility index (Phi) is 5.52. The summed E-state index contributed by atoms with van der Waals surface area (Å²) in [7, 11) is 2.29. The summed E-state index contributed by atoms with van der Waals surface area (Å²) in [5.41, 5.74) is -1.29. The molecule has 1 aliphatic rings. The van der Waals surface area contributed by atoms with Crippen LogP contribution in [0.2, 0.25) is 0 Å². The van der Waals surface area contributed by atoms with Crippen LogP contribution in [-0.4, -0.2) is 46.7 Å². The highest BCUT2D eigenvalue weighted by molar-refractivity contribution is 6.09. The molecule has 1 aliphatic carbocycles. The fourth-order valence-corrected chi connectivity index (χ4v) is 3.30. The van der Waals surface area contributed by atoms with E-state index in [2.05, 4.69) is 24.9 Å². The molecule has 4 rings (SSSR count). The fraction of sp³-hybridized carbons (Fsp3) is 0.286. The van der Waals surface area contributed by atoms with E-state index in [1.165, 1.54) is 18.2 Å². The van der Waals surface area contributed by atoms with Gasteiger partial charge in [0.15, 0.2) is 5.65 Å². The van der Waals surface area contributed by atoms with Crippen LogP contribution in [0.25, 0.3) is 5.65 Å². The lowest BCUT2D eigenvalue weighted by molar-refractivity contribution is -0.142. The van der Waals surface area contributed by atoms with Crippen molar-refractivity contribution in [1.82, 2.24) is 14.6 Å². The number of nitrogens with zero attached hydrogens (tertiary/aromatic N) is 3. The normalized spacial score (nSPS) is 13.6. The van der Waals surface area contributed by atoms with Crippen LogP contribution in [0.1, 0.15) is 61.2 Å². The lowest BCUT2D eigenvalue weighted by Crippen LogP contribution is -2.17. The van der Waals surface area contributed by atoms with Gasteiger partial charge < -0.3 is 14.8 Å². The standard InChI is InChI=1S/C21H17F3N4O5/c1-32-19(30)11-5-12(20(31)33-2)7-13(6-11)26-18(29)14-9-25-28-16(21(22,23)24)8-15(10-3-4-10)27-17(14)28/h5-10H,3-4H2,1-2H3,(H,26,29). The molecule has 0 bridgehead atoms. The average Bonchev–Trinajstić information content (AvgIpc) is 3.55. The monoisotopic (exact) mass is 462 g/mol. The molecule has 172 valence electrons. The van der Waals surface area contributed by atoms with Gasteiger partial charge in [0.1, 0.15) is 11.3 Å². The molecule has 0 spiro atoms. The molecule has 2 heterocycles. The second-order valence-corrected chi connectivity index (χ2v) is 7.37. The Labute approximate surface area is 184 Å². The number of amides is 1. The van der Waals surface area contributed by atoms with Gasteiger partial charge in [0.2, 0.25) is 0 Å². The number of hydrogen-bond acceptors (Lipinski definition) is 7. The summed E-state index contributed by atoms with van der Waals surface area (Å²) < 4.78 is 50.6. The molecule has 1 N–H and O–H groups in total. The van der Waals surface area contributed by atoms with Crippen molar-refractivity contribution in [2.75, 3.05) is 19.5 Å². The van der Waals surface area contributed by atoms with Crippen LogP contribution in [0.15, 0.2) is 30.5 Å². The summed E-state index contributed by atoms with van der Waals surface area (Å²) in [4.78, 5) is 41.1. The summed E-state index contributed by atoms with van der Waals surface area (Å²) in [6, 6.07) is 4.68. The molecule has 3 aromatic rings. The van der Waals surface area contributed by atoms with Gasteiger partial charge in [0.05, 0.1) is 31.5 Å². The molecular weight excluding hydrogens is 445 g/mol. The largest absolute Gasteiger partial charge is 0.465 e. The van der Waals surface area contributed by atoms with Gasteiger partial charge >= 0.3 is 18.1 Å². The number of aromatic nitrogens is 3. The highest BCUT2D eigenvalue weighted by Crippen LogP contribution is 2.41. The Morgan fingerprint density at radius 2 is 1.64 bits per heavy atom. The number of alkyl halides is 3. The molecule has 0 aliphatic heterocycles. The van der Waals surface area contributed by atoms with Gasteiger partial charge in [-0.2, -0.15) is 18.3 Å². The minimum Gasteiger partial charge on any atom is -0.465 e. The molecule has 0 unspecified atom stereocenters. The summed E-state index contributed by atoms with van der Waals surface area (Å²) in [6.45, 7) is 0. The molecule has 2 aromatic heterocycles. The number of nitrogens with one attached hydrogen (secondary N) is 1. The number of rotatable bonds is 5. The first kappa shape index (κ1) is 22.2. The quantitative estimate of drug-likeness (QED) is 0.578. The Balaban J connectivity index is 1.75. The third kappa shape index (κ3) is 4.36. The maximum atomic E-state index is 13.6. The number of halogens is 3. The third-order valence-corrected chi connectivity index (χ3v) is 5.06. The molecule has 1 fully saturated rings. The van der Waals surface area contributed by atoms with E-state index in [0.29, 0.717) is 17.4 Å². The van der Waals surface area contributed by atoms with Gasteiger partial charge in [0, 0.05) is 17.3 Å². The molecule has 1 amide bonds. The number of anilines is 1. The van der Waals surface area contributed by atoms with Crippen molar-refractivity contribution in [1.29, 1.82) is 0 Å². The molecule has 9 nitrogen and oxygen atoms in total. The van der Waals surface area contributed by atoms with E-state index >= 15 is 0 Å². The SMILES string of the molecule is COC(=O)c1cc(NC(=O)c2cnn3c(C(F)(F)F)cc(C4CC4)nc23)cc(C(=O)OC)c1. The highest BCUT2D eigenvalue weighted by Gasteiger charge is 2.38. The van der Waals surface area contributed by atoms with E-state index < -0.39 is 29.7 Å². The number of methoxy groups -OCH3 is 2. The van der Waals surface area contributed by atoms with Crippen molar-refractivity contribution in [3.05, 3.63) is 58.5 Å². The molecule has 12 heteroatoms. The van der Waals surface area contributed by atoms with E-state index in [-0.39, 0.29) is 39.6 Å². The van der Waals surface area contributed by atoms with Gasteiger partial charge in [0.25, 0.3) is 5.91 Å². The Hall–Kier alpha value is -3.96. The summed E-state index contributed by atoms with van der Waals surface area (Å²) in [5, 5.41) is 6.18. The van der Waals surface area contributed by atoms with Crippen LogP contribution in [-0.2, 0) is 15.7 Å². The van der Waals surface area contributed by atoms with Crippen molar-refractivity contribution in [3.63, 3.8) is 0 Å². The van der Waals surface area contributed by atoms with Crippen LogP contribution in [0.4, 0.5) is 18.9 Å². The molecular formula is C21H17F3N4O5. The maximum Gasteiger partial charge on any atom is 0.433 e. The second kappa shape index (κ2) is 8.19. The fourth-order valence-electron chi connectivity index (χ4n) is 3.30. The van der Waals surface area contributed by atoms with Crippen molar-refractivity contribution in [2.24, 2.45) is 0 Å². The van der Waals surface area contributed by atoms with Crippen molar-refractivity contribution in [3.8, 4) is 0 Å². The van der Waals surface area contributed by atoms with Crippen LogP contribution >= 0.6 is 0 Å². The van der Waals surface area contributed by atoms with Gasteiger partial charge in [-0.25, -0.2) is 19.1 Å². The molecule has 33 heavy (non-hydrogen) atoms. The zero-order chi connectivity index (χ0) is 23.9. The first-order valence-corrected chi connectivity index (χ1v) is 9.71. The van der Waals surface area contributed by atoms with Crippen LogP contribution in [0.3, 0.4) is 0 Å². The van der Waals surface area contributed by atoms with E-state index in [0.717, 1.165) is 26.5 Å². The summed E-state index contributed by atoms with van der Waals surface area (Å²) in [6.07, 6.45) is -2.29. The minimum absolute atomic E-state index is 0.0250. The zero-order valence-electron chi connectivity index (χ0n) is 17.4. The van der Waals surface area contributed by atoms with Crippen LogP contribution in [0.5, 0.6) is 0 Å². The molecule has 1 aromatic carbocycles. The smallest absolute Gasteiger partial charge is 0.433 e. The number of carbonyl (C=O) groups excluding carboxylic acids is 3. The molecule has 0 saturated heterocycles. The molecule has 0 radical (unpaired) electrons.